The fraction of sp³-hybridized carbons (Fsp3) is 0.857. The lowest BCUT2D eigenvalue weighted by Gasteiger charge is -2.03. The molecule has 0 N–H and O–H groups in total. The summed E-state index contributed by atoms with van der Waals surface area (Å²) < 4.78 is 2.28. The summed E-state index contributed by atoms with van der Waals surface area (Å²) >= 11 is 2.35. The second-order valence-electron chi connectivity index (χ2n) is 3.28. The van der Waals surface area contributed by atoms with Crippen LogP contribution in [0, 0.1) is 5.41 Å². The second kappa shape index (κ2) is 2.58. The predicted molar refractivity (Wildman–Crippen MR) is 51.7 cm³/mol. The highest BCUT2D eigenvalue weighted by Gasteiger charge is 2.53. The lowest BCUT2D eigenvalue weighted by Crippen LogP contribution is -2.12. The first-order chi connectivity index (χ1) is 5.27. The Morgan fingerprint density at radius 2 is 2.36 bits per heavy atom. The maximum Gasteiger partial charge on any atom is 0.106 e. The van der Waals surface area contributed by atoms with Crippen molar-refractivity contribution >= 4 is 28.6 Å². The molecule has 11 heavy (non-hydrogen) atoms. The highest BCUT2D eigenvalue weighted by atomic mass is 127. The number of hydrogen-bond acceptors (Lipinski definition) is 3. The highest BCUT2D eigenvalue weighted by Crippen LogP contribution is 2.51. The third kappa shape index (κ3) is 1.26. The molecule has 0 aromatic carbocycles. The molecule has 1 saturated heterocycles. The first-order valence-electron chi connectivity index (χ1n) is 3.78. The summed E-state index contributed by atoms with van der Waals surface area (Å²) in [6, 6.07) is 0. The van der Waals surface area contributed by atoms with Gasteiger partial charge in [0.2, 0.25) is 0 Å². The Hall–Kier alpha value is 0.160. The van der Waals surface area contributed by atoms with Gasteiger partial charge in [-0.1, -0.05) is 5.16 Å². The molecule has 0 radical (unpaired) electrons. The van der Waals surface area contributed by atoms with Crippen LogP contribution in [-0.2, 0) is 4.84 Å². The van der Waals surface area contributed by atoms with Gasteiger partial charge in [0.25, 0.3) is 0 Å². The molecule has 1 saturated carbocycles. The van der Waals surface area contributed by atoms with Gasteiger partial charge in [0.05, 0.1) is 12.3 Å². The van der Waals surface area contributed by atoms with Crippen LogP contribution in [0.3, 0.4) is 0 Å². The molecule has 1 aliphatic heterocycles. The van der Waals surface area contributed by atoms with Crippen LogP contribution >= 0.6 is 22.9 Å². The number of hydrogen-bond donors (Lipinski definition) is 0. The summed E-state index contributed by atoms with van der Waals surface area (Å²) in [6.45, 7) is 2.14. The van der Waals surface area contributed by atoms with Crippen LogP contribution < -0.4 is 0 Å². The van der Waals surface area contributed by atoms with Gasteiger partial charge in [-0.3, -0.25) is 0 Å². The van der Waals surface area contributed by atoms with E-state index < -0.39 is 0 Å². The van der Waals surface area contributed by atoms with E-state index in [4.69, 9.17) is 4.84 Å². The smallest absolute Gasteiger partial charge is 0.106 e. The molecular formula is C7H11IN2O. The van der Waals surface area contributed by atoms with E-state index in [9.17, 15) is 0 Å². The fourth-order valence-corrected chi connectivity index (χ4v) is 2.62. The van der Waals surface area contributed by atoms with Gasteiger partial charge in [0.15, 0.2) is 0 Å². The van der Waals surface area contributed by atoms with Gasteiger partial charge < -0.3 is 4.84 Å². The van der Waals surface area contributed by atoms with E-state index in [1.807, 2.05) is 0 Å². The van der Waals surface area contributed by atoms with Crippen molar-refractivity contribution in [1.82, 2.24) is 3.11 Å². The van der Waals surface area contributed by atoms with Crippen LogP contribution in [0.4, 0.5) is 0 Å². The summed E-state index contributed by atoms with van der Waals surface area (Å²) in [4.78, 5) is 4.81. The van der Waals surface area contributed by atoms with E-state index in [0.29, 0.717) is 5.41 Å². The molecular weight excluding hydrogens is 255 g/mol. The molecule has 1 spiro atoms. The lowest BCUT2D eigenvalue weighted by atomic mass is 10.1. The third-order valence-electron chi connectivity index (χ3n) is 2.46. The Labute approximate surface area is 80.3 Å². The summed E-state index contributed by atoms with van der Waals surface area (Å²) in [5, 5.41) is 4.06. The number of rotatable bonds is 1. The molecule has 0 bridgehead atoms. The SMILES string of the molecule is CO/N=C1\CN(I)CC12CC2. The average molecular weight is 266 g/mol. The van der Waals surface area contributed by atoms with Crippen LogP contribution in [0.5, 0.6) is 0 Å². The van der Waals surface area contributed by atoms with E-state index in [-0.39, 0.29) is 0 Å². The van der Waals surface area contributed by atoms with Crippen molar-refractivity contribution in [3.8, 4) is 0 Å². The van der Waals surface area contributed by atoms with Crippen molar-refractivity contribution in [2.45, 2.75) is 12.8 Å². The topological polar surface area (TPSA) is 24.8 Å². The van der Waals surface area contributed by atoms with E-state index in [1.54, 1.807) is 7.11 Å². The molecule has 1 aliphatic carbocycles. The third-order valence-corrected chi connectivity index (χ3v) is 3.15. The fourth-order valence-electron chi connectivity index (χ4n) is 1.64. The second-order valence-corrected chi connectivity index (χ2v) is 4.64. The van der Waals surface area contributed by atoms with Gasteiger partial charge in [-0.05, 0) is 12.8 Å². The minimum absolute atomic E-state index is 0.428. The average Bonchev–Trinajstić information content (AvgIpc) is 2.61. The van der Waals surface area contributed by atoms with Crippen LogP contribution in [0.2, 0.25) is 0 Å². The Morgan fingerprint density at radius 1 is 1.64 bits per heavy atom. The zero-order valence-corrected chi connectivity index (χ0v) is 8.67. The van der Waals surface area contributed by atoms with Gasteiger partial charge in [-0.25, -0.2) is 3.11 Å². The van der Waals surface area contributed by atoms with Gasteiger partial charge in [0, 0.05) is 34.8 Å². The Kier molecular flexibility index (Phi) is 1.83. The molecule has 2 rings (SSSR count). The first kappa shape index (κ1) is 7.79. The quantitative estimate of drug-likeness (QED) is 0.407. The normalized spacial score (nSPS) is 31.6. The molecule has 2 aliphatic rings. The van der Waals surface area contributed by atoms with Gasteiger partial charge in [-0.15, -0.1) is 0 Å². The molecule has 0 amide bonds. The standard InChI is InChI=1S/C7H11IN2O/c1-11-9-6-4-10(8)5-7(6)2-3-7/h2-5H2,1H3/b9-6+. The molecule has 0 unspecified atom stereocenters. The Balaban J connectivity index is 2.15. The highest BCUT2D eigenvalue weighted by molar-refractivity contribution is 14.1. The van der Waals surface area contributed by atoms with Crippen LogP contribution in [0.25, 0.3) is 0 Å². The lowest BCUT2D eigenvalue weighted by molar-refractivity contribution is 0.211. The molecule has 3 nitrogen and oxygen atoms in total. The molecule has 2 fully saturated rings. The van der Waals surface area contributed by atoms with Crippen LogP contribution in [0.15, 0.2) is 5.16 Å². The molecule has 4 heteroatoms. The first-order valence-corrected chi connectivity index (χ1v) is 4.74. The largest absolute Gasteiger partial charge is 0.399 e. The van der Waals surface area contributed by atoms with Crippen molar-refractivity contribution in [2.75, 3.05) is 20.2 Å². The monoisotopic (exact) mass is 266 g/mol. The molecule has 1 heterocycles. The Morgan fingerprint density at radius 3 is 2.91 bits per heavy atom. The van der Waals surface area contributed by atoms with Gasteiger partial charge in [-0.2, -0.15) is 0 Å². The number of oxime groups is 1. The predicted octanol–water partition coefficient (Wildman–Crippen LogP) is 1.43. The van der Waals surface area contributed by atoms with Gasteiger partial charge >= 0.3 is 0 Å². The Bertz CT molecular complexity index is 201. The van der Waals surface area contributed by atoms with Crippen molar-refractivity contribution in [3.63, 3.8) is 0 Å². The molecule has 0 aromatic rings. The summed E-state index contributed by atoms with van der Waals surface area (Å²) in [5.41, 5.74) is 1.67. The van der Waals surface area contributed by atoms with Crippen molar-refractivity contribution < 1.29 is 4.84 Å². The van der Waals surface area contributed by atoms with Crippen molar-refractivity contribution in [1.29, 1.82) is 0 Å². The van der Waals surface area contributed by atoms with Crippen molar-refractivity contribution in [3.05, 3.63) is 0 Å². The minimum atomic E-state index is 0.428. The van der Waals surface area contributed by atoms with Crippen LogP contribution in [0.1, 0.15) is 12.8 Å². The molecule has 62 valence electrons. The van der Waals surface area contributed by atoms with Crippen LogP contribution in [-0.4, -0.2) is 29.0 Å². The zero-order chi connectivity index (χ0) is 7.90. The molecule has 0 aromatic heterocycles. The molecule has 0 atom stereocenters. The maximum atomic E-state index is 4.81. The van der Waals surface area contributed by atoms with E-state index in [0.717, 1.165) is 13.1 Å². The summed E-state index contributed by atoms with van der Waals surface area (Å²) in [5.74, 6) is 0. The zero-order valence-electron chi connectivity index (χ0n) is 6.51. The van der Waals surface area contributed by atoms with E-state index in [2.05, 4.69) is 31.1 Å². The summed E-state index contributed by atoms with van der Waals surface area (Å²) in [6.07, 6.45) is 2.60. The van der Waals surface area contributed by atoms with Crippen molar-refractivity contribution in [2.24, 2.45) is 10.6 Å². The summed E-state index contributed by atoms with van der Waals surface area (Å²) in [7, 11) is 1.62. The maximum absolute atomic E-state index is 4.81. The number of nitrogens with zero attached hydrogens (tertiary/aromatic N) is 2. The number of halogens is 1. The van der Waals surface area contributed by atoms with Gasteiger partial charge in [0.1, 0.15) is 7.11 Å². The van der Waals surface area contributed by atoms with E-state index in [1.165, 1.54) is 18.6 Å². The minimum Gasteiger partial charge on any atom is -0.399 e. The van der Waals surface area contributed by atoms with E-state index >= 15 is 0 Å².